The highest BCUT2D eigenvalue weighted by Gasteiger charge is 2.34. The van der Waals surface area contributed by atoms with E-state index in [9.17, 15) is 21.6 Å². The Balaban J connectivity index is 2.36. The monoisotopic (exact) mass is 317 g/mol. The molecule has 1 saturated heterocycles. The molecule has 0 saturated carbocycles. The van der Waals surface area contributed by atoms with Gasteiger partial charge in [-0.2, -0.15) is 17.5 Å². The van der Waals surface area contributed by atoms with Crippen molar-refractivity contribution in [1.82, 2.24) is 14.5 Å². The van der Waals surface area contributed by atoms with E-state index in [2.05, 4.69) is 5.32 Å². The van der Waals surface area contributed by atoms with Gasteiger partial charge in [-0.3, -0.25) is 4.90 Å². The largest absolute Gasteiger partial charge is 0.401 e. The van der Waals surface area contributed by atoms with Crippen LogP contribution in [0, 0.1) is 0 Å². The Hall–Kier alpha value is -0.380. The molecule has 1 rings (SSSR count). The first-order chi connectivity index (χ1) is 9.24. The van der Waals surface area contributed by atoms with Crippen LogP contribution in [0.5, 0.6) is 0 Å². The van der Waals surface area contributed by atoms with Crippen molar-refractivity contribution in [1.29, 1.82) is 0 Å². The summed E-state index contributed by atoms with van der Waals surface area (Å²) in [7, 11) is -3.35. The molecule has 1 aliphatic heterocycles. The average Bonchev–Trinajstić information content (AvgIpc) is 2.33. The maximum Gasteiger partial charge on any atom is 0.401 e. The number of sulfonamides is 1. The third-order valence-electron chi connectivity index (χ3n) is 3.13. The van der Waals surface area contributed by atoms with Gasteiger partial charge in [-0.05, 0) is 19.5 Å². The van der Waals surface area contributed by atoms with Gasteiger partial charge in [-0.25, -0.2) is 8.42 Å². The molecule has 0 aromatic heterocycles. The molecular weight excluding hydrogens is 295 g/mol. The third kappa shape index (κ3) is 6.38. The Labute approximate surface area is 118 Å². The van der Waals surface area contributed by atoms with Gasteiger partial charge in [0, 0.05) is 26.2 Å². The van der Waals surface area contributed by atoms with Crippen LogP contribution in [-0.2, 0) is 10.0 Å². The zero-order valence-electron chi connectivity index (χ0n) is 11.6. The number of nitrogens with zero attached hydrogens (tertiary/aromatic N) is 2. The molecule has 0 bridgehead atoms. The van der Waals surface area contributed by atoms with Crippen molar-refractivity contribution in [3.63, 3.8) is 0 Å². The van der Waals surface area contributed by atoms with E-state index in [-0.39, 0.29) is 31.9 Å². The van der Waals surface area contributed by atoms with Crippen LogP contribution in [0.2, 0.25) is 0 Å². The van der Waals surface area contributed by atoms with Crippen LogP contribution in [0.1, 0.15) is 13.3 Å². The zero-order chi connectivity index (χ0) is 15.2. The Morgan fingerprint density at radius 1 is 1.15 bits per heavy atom. The van der Waals surface area contributed by atoms with Crippen LogP contribution < -0.4 is 5.32 Å². The van der Waals surface area contributed by atoms with Gasteiger partial charge in [0.1, 0.15) is 0 Å². The second kappa shape index (κ2) is 7.58. The lowest BCUT2D eigenvalue weighted by molar-refractivity contribution is -0.148. The second-order valence-corrected chi connectivity index (χ2v) is 6.90. The minimum atomic E-state index is -4.23. The summed E-state index contributed by atoms with van der Waals surface area (Å²) >= 11 is 0. The van der Waals surface area contributed by atoms with Gasteiger partial charge in [0.05, 0.1) is 12.3 Å². The molecule has 20 heavy (non-hydrogen) atoms. The molecule has 0 amide bonds. The fourth-order valence-electron chi connectivity index (χ4n) is 2.10. The fourth-order valence-corrected chi connectivity index (χ4v) is 3.59. The molecule has 1 heterocycles. The molecule has 0 radical (unpaired) electrons. The lowest BCUT2D eigenvalue weighted by atomic mass is 10.3. The predicted octanol–water partition coefficient (Wildman–Crippen LogP) is 0.496. The maximum atomic E-state index is 12.2. The average molecular weight is 317 g/mol. The Bertz CT molecular complexity index is 379. The van der Waals surface area contributed by atoms with Gasteiger partial charge >= 0.3 is 6.18 Å². The molecule has 0 aliphatic carbocycles. The molecule has 0 atom stereocenters. The number of hydrogen-bond acceptors (Lipinski definition) is 4. The number of alkyl halides is 3. The van der Waals surface area contributed by atoms with Crippen molar-refractivity contribution in [3.05, 3.63) is 0 Å². The minimum absolute atomic E-state index is 0.0409. The molecule has 5 nitrogen and oxygen atoms in total. The smallest absolute Gasteiger partial charge is 0.317 e. The van der Waals surface area contributed by atoms with Crippen LogP contribution >= 0.6 is 0 Å². The van der Waals surface area contributed by atoms with Crippen molar-refractivity contribution in [3.8, 4) is 0 Å². The summed E-state index contributed by atoms with van der Waals surface area (Å²) in [6.45, 7) is 2.92. The summed E-state index contributed by atoms with van der Waals surface area (Å²) in [5, 5.41) is 3.04. The van der Waals surface area contributed by atoms with Crippen LogP contribution in [-0.4, -0.2) is 75.4 Å². The van der Waals surface area contributed by atoms with Crippen molar-refractivity contribution < 1.29 is 21.6 Å². The SMILES string of the molecule is CCNCCCS(=O)(=O)N1CCN(CC(F)(F)F)CC1. The number of piperazine rings is 1. The van der Waals surface area contributed by atoms with E-state index >= 15 is 0 Å². The molecule has 120 valence electrons. The lowest BCUT2D eigenvalue weighted by Gasteiger charge is -2.34. The summed E-state index contributed by atoms with van der Waals surface area (Å²) in [6, 6.07) is 0. The van der Waals surface area contributed by atoms with Gasteiger partial charge in [-0.1, -0.05) is 6.92 Å². The first-order valence-electron chi connectivity index (χ1n) is 6.72. The van der Waals surface area contributed by atoms with Crippen LogP contribution in [0.25, 0.3) is 0 Å². The van der Waals surface area contributed by atoms with Crippen LogP contribution in [0.4, 0.5) is 13.2 Å². The number of rotatable bonds is 7. The van der Waals surface area contributed by atoms with E-state index in [4.69, 9.17) is 0 Å². The zero-order valence-corrected chi connectivity index (χ0v) is 12.4. The van der Waals surface area contributed by atoms with Crippen LogP contribution in [0.3, 0.4) is 0 Å². The summed E-state index contributed by atoms with van der Waals surface area (Å²) in [5.74, 6) is 0.0409. The first kappa shape index (κ1) is 17.7. The molecule has 1 N–H and O–H groups in total. The number of nitrogens with one attached hydrogen (secondary N) is 1. The Morgan fingerprint density at radius 2 is 1.75 bits per heavy atom. The predicted molar refractivity (Wildman–Crippen MR) is 71.0 cm³/mol. The number of halogens is 3. The summed E-state index contributed by atoms with van der Waals surface area (Å²) in [6.07, 6.45) is -3.72. The molecule has 1 aliphatic rings. The summed E-state index contributed by atoms with van der Waals surface area (Å²) in [5.41, 5.74) is 0. The van der Waals surface area contributed by atoms with Gasteiger partial charge < -0.3 is 5.32 Å². The van der Waals surface area contributed by atoms with Gasteiger partial charge in [0.15, 0.2) is 0 Å². The molecule has 0 aromatic rings. The van der Waals surface area contributed by atoms with Crippen molar-refractivity contribution >= 4 is 10.0 Å². The molecular formula is C11H22F3N3O2S. The van der Waals surface area contributed by atoms with E-state index in [1.165, 1.54) is 9.21 Å². The van der Waals surface area contributed by atoms with E-state index in [1.807, 2.05) is 6.92 Å². The van der Waals surface area contributed by atoms with Gasteiger partial charge in [0.2, 0.25) is 10.0 Å². The Kier molecular flexibility index (Phi) is 6.70. The van der Waals surface area contributed by atoms with Crippen molar-refractivity contribution in [2.24, 2.45) is 0 Å². The van der Waals surface area contributed by atoms with E-state index < -0.39 is 22.7 Å². The van der Waals surface area contributed by atoms with E-state index in [0.717, 1.165) is 6.54 Å². The topological polar surface area (TPSA) is 52.7 Å². The van der Waals surface area contributed by atoms with Crippen LogP contribution in [0.15, 0.2) is 0 Å². The van der Waals surface area contributed by atoms with Gasteiger partial charge in [-0.15, -0.1) is 0 Å². The van der Waals surface area contributed by atoms with Crippen molar-refractivity contribution in [2.75, 3.05) is 51.6 Å². The highest BCUT2D eigenvalue weighted by molar-refractivity contribution is 7.89. The molecule has 0 unspecified atom stereocenters. The molecule has 1 fully saturated rings. The number of hydrogen-bond donors (Lipinski definition) is 1. The normalized spacial score (nSPS) is 19.4. The quantitative estimate of drug-likeness (QED) is 0.695. The van der Waals surface area contributed by atoms with E-state index in [0.29, 0.717) is 13.0 Å². The standard InChI is InChI=1S/C11H22F3N3O2S/c1-2-15-4-3-9-20(18,19)17-7-5-16(6-8-17)10-11(12,13)14/h15H,2-10H2,1H3. The minimum Gasteiger partial charge on any atom is -0.317 e. The molecule has 0 aromatic carbocycles. The second-order valence-electron chi connectivity index (χ2n) is 4.81. The first-order valence-corrected chi connectivity index (χ1v) is 8.33. The molecule has 0 spiro atoms. The fraction of sp³-hybridized carbons (Fsp3) is 1.00. The summed E-state index contributed by atoms with van der Waals surface area (Å²) < 4.78 is 62.0. The maximum absolute atomic E-state index is 12.2. The highest BCUT2D eigenvalue weighted by atomic mass is 32.2. The summed E-state index contributed by atoms with van der Waals surface area (Å²) in [4.78, 5) is 1.24. The molecule has 9 heteroatoms. The van der Waals surface area contributed by atoms with E-state index in [1.54, 1.807) is 0 Å². The Morgan fingerprint density at radius 3 is 2.25 bits per heavy atom. The van der Waals surface area contributed by atoms with Gasteiger partial charge in [0.25, 0.3) is 0 Å². The van der Waals surface area contributed by atoms with Crippen molar-refractivity contribution in [2.45, 2.75) is 19.5 Å². The third-order valence-corrected chi connectivity index (χ3v) is 5.09. The lowest BCUT2D eigenvalue weighted by Crippen LogP contribution is -2.51. The highest BCUT2D eigenvalue weighted by Crippen LogP contribution is 2.18.